The number of rotatable bonds is 10. The molecule has 2 heterocycles. The topological polar surface area (TPSA) is 130 Å². The average Bonchev–Trinajstić information content (AvgIpc) is 3.46. The normalized spacial score (nSPS) is 15.7. The van der Waals surface area contributed by atoms with Gasteiger partial charge in [0.1, 0.15) is 17.8 Å². The number of aromatic carboxylic acids is 1. The Hall–Kier alpha value is -3.82. The first kappa shape index (κ1) is 29.2. The number of carbonyl (C=O) groups is 3. The van der Waals surface area contributed by atoms with Gasteiger partial charge in [0.15, 0.2) is 5.69 Å². The van der Waals surface area contributed by atoms with Crippen molar-refractivity contribution in [2.24, 2.45) is 13.0 Å². The van der Waals surface area contributed by atoms with E-state index in [4.69, 9.17) is 4.42 Å². The molecule has 3 N–H and O–H groups in total. The van der Waals surface area contributed by atoms with Gasteiger partial charge in [-0.15, -0.1) is 0 Å². The van der Waals surface area contributed by atoms with Crippen molar-refractivity contribution in [2.75, 3.05) is 7.05 Å². The van der Waals surface area contributed by atoms with Crippen LogP contribution in [0, 0.1) is 12.8 Å². The molecule has 0 unspecified atom stereocenters. The number of nitrogens with one attached hydrogen (secondary N) is 2. The fourth-order valence-corrected chi connectivity index (χ4v) is 5.59. The predicted octanol–water partition coefficient (Wildman–Crippen LogP) is 4.96. The summed E-state index contributed by atoms with van der Waals surface area (Å²) >= 11 is 0. The highest BCUT2D eigenvalue weighted by Gasteiger charge is 2.33. The van der Waals surface area contributed by atoms with Crippen LogP contribution in [-0.2, 0) is 18.3 Å². The van der Waals surface area contributed by atoms with Gasteiger partial charge in [-0.25, -0.2) is 14.6 Å². The van der Waals surface area contributed by atoms with Crippen LogP contribution in [0.4, 0.5) is 4.79 Å². The lowest BCUT2D eigenvalue weighted by Crippen LogP contribution is -2.53. The molecule has 0 radical (unpaired) electrons. The largest absolute Gasteiger partial charge is 0.476 e. The molecule has 1 saturated carbocycles. The second-order valence-electron chi connectivity index (χ2n) is 11.4. The van der Waals surface area contributed by atoms with Gasteiger partial charge in [-0.05, 0) is 43.7 Å². The maximum atomic E-state index is 13.9. The molecule has 40 heavy (non-hydrogen) atoms. The average molecular weight is 552 g/mol. The number of fused-ring (bicyclic) bond motifs is 1. The zero-order valence-electron chi connectivity index (χ0n) is 24.1. The highest BCUT2D eigenvalue weighted by molar-refractivity contribution is 5.88. The number of carboxylic acid groups (broad SMARTS) is 1. The number of benzene rings is 1. The van der Waals surface area contributed by atoms with Gasteiger partial charge in [0.05, 0.1) is 0 Å². The van der Waals surface area contributed by atoms with E-state index in [1.54, 1.807) is 14.0 Å². The molecule has 3 amide bonds. The van der Waals surface area contributed by atoms with Crippen molar-refractivity contribution >= 4 is 28.8 Å². The number of likely N-dealkylation sites (N-methyl/N-ethyl adjacent to an activating group) is 1. The number of hydrogen-bond acceptors (Lipinski definition) is 5. The van der Waals surface area contributed by atoms with Crippen LogP contribution in [0.5, 0.6) is 0 Å². The third kappa shape index (κ3) is 6.66. The monoisotopic (exact) mass is 551 g/mol. The minimum atomic E-state index is -1.19. The van der Waals surface area contributed by atoms with Gasteiger partial charge in [0.2, 0.25) is 11.8 Å². The molecule has 1 aliphatic carbocycles. The van der Waals surface area contributed by atoms with E-state index in [0.717, 1.165) is 42.1 Å². The molecular formula is C30H41N5O5. The summed E-state index contributed by atoms with van der Waals surface area (Å²) < 4.78 is 7.80. The van der Waals surface area contributed by atoms with E-state index in [0.29, 0.717) is 12.8 Å². The highest BCUT2D eigenvalue weighted by atomic mass is 16.4. The van der Waals surface area contributed by atoms with Gasteiger partial charge in [-0.2, -0.15) is 0 Å². The highest BCUT2D eigenvalue weighted by Crippen LogP contribution is 2.28. The lowest BCUT2D eigenvalue weighted by atomic mass is 9.95. The van der Waals surface area contributed by atoms with E-state index in [-0.39, 0.29) is 41.2 Å². The van der Waals surface area contributed by atoms with Crippen molar-refractivity contribution in [3.63, 3.8) is 0 Å². The third-order valence-corrected chi connectivity index (χ3v) is 7.75. The second-order valence-corrected chi connectivity index (χ2v) is 11.4. The third-order valence-electron chi connectivity index (χ3n) is 7.75. The van der Waals surface area contributed by atoms with Crippen molar-refractivity contribution in [2.45, 2.75) is 83.8 Å². The summed E-state index contributed by atoms with van der Waals surface area (Å²) in [7, 11) is 3.61. The fraction of sp³-hybridized carbons (Fsp3) is 0.533. The quantitative estimate of drug-likeness (QED) is 0.327. The van der Waals surface area contributed by atoms with Crippen LogP contribution in [0.1, 0.15) is 86.1 Å². The lowest BCUT2D eigenvalue weighted by molar-refractivity contribution is -0.126. The van der Waals surface area contributed by atoms with Gasteiger partial charge in [-0.3, -0.25) is 4.79 Å². The molecule has 0 bridgehead atoms. The molecule has 0 spiro atoms. The molecule has 4 rings (SSSR count). The van der Waals surface area contributed by atoms with E-state index in [2.05, 4.69) is 15.6 Å². The molecular weight excluding hydrogens is 510 g/mol. The van der Waals surface area contributed by atoms with Gasteiger partial charge >= 0.3 is 12.0 Å². The van der Waals surface area contributed by atoms with Crippen LogP contribution in [0.15, 0.2) is 34.9 Å². The van der Waals surface area contributed by atoms with Crippen LogP contribution in [-0.4, -0.2) is 56.6 Å². The van der Waals surface area contributed by atoms with E-state index in [9.17, 15) is 19.5 Å². The Labute approximate surface area is 235 Å². The van der Waals surface area contributed by atoms with E-state index >= 15 is 0 Å². The summed E-state index contributed by atoms with van der Waals surface area (Å²) in [6, 6.07) is 6.33. The smallest absolute Gasteiger partial charge is 0.358 e. The van der Waals surface area contributed by atoms with E-state index in [1.807, 2.05) is 55.9 Å². The summed E-state index contributed by atoms with van der Waals surface area (Å²) in [5.74, 6) is -1.09. The molecule has 2 atom stereocenters. The summed E-state index contributed by atoms with van der Waals surface area (Å²) in [5.41, 5.74) is 1.81. The standard InChI is InChI=1S/C30H41N5O5/c1-18(2)15-25(35(5)30(39)31-21-11-7-6-8-12-21)27(36)32-23(28-33-26(29(37)38)19(3)40-28)16-20-17-34(4)24-14-10-9-13-22(20)24/h9-10,13-14,17-18,21,23,25H,6-8,11-12,15-16H2,1-5H3,(H,31,39)(H,32,36)(H,37,38)/t23-,25+/m1/s1. The van der Waals surface area contributed by atoms with Crippen LogP contribution in [0.3, 0.4) is 0 Å². The summed E-state index contributed by atoms with van der Waals surface area (Å²) in [6.07, 6.45) is 8.05. The minimum Gasteiger partial charge on any atom is -0.476 e. The maximum absolute atomic E-state index is 13.9. The second kappa shape index (κ2) is 12.6. The van der Waals surface area contributed by atoms with Crippen LogP contribution >= 0.6 is 0 Å². The number of para-hydroxylation sites is 1. The first-order chi connectivity index (χ1) is 19.0. The molecule has 3 aromatic rings. The SMILES string of the molecule is Cc1oc([C@@H](Cc2cn(C)c3ccccc23)NC(=O)[C@H](CC(C)C)N(C)C(=O)NC2CCCCC2)nc1C(=O)O. The van der Waals surface area contributed by atoms with E-state index < -0.39 is 18.1 Å². The zero-order valence-corrected chi connectivity index (χ0v) is 24.1. The number of amides is 3. The number of nitrogens with zero attached hydrogens (tertiary/aromatic N) is 3. The number of carbonyl (C=O) groups excluding carboxylic acids is 2. The first-order valence-corrected chi connectivity index (χ1v) is 14.1. The molecule has 10 nitrogen and oxygen atoms in total. The number of aryl methyl sites for hydroxylation is 2. The maximum Gasteiger partial charge on any atom is 0.358 e. The summed E-state index contributed by atoms with van der Waals surface area (Å²) in [6.45, 7) is 5.57. The van der Waals surface area contributed by atoms with Gasteiger partial charge < -0.3 is 29.6 Å². The van der Waals surface area contributed by atoms with Crippen molar-refractivity contribution in [1.29, 1.82) is 0 Å². The molecule has 10 heteroatoms. The number of urea groups is 1. The Morgan fingerprint density at radius 1 is 1.18 bits per heavy atom. The predicted molar refractivity (Wildman–Crippen MR) is 152 cm³/mol. The Kier molecular flexibility index (Phi) is 9.17. The molecule has 1 aromatic carbocycles. The molecule has 216 valence electrons. The van der Waals surface area contributed by atoms with Gasteiger partial charge in [0.25, 0.3) is 0 Å². The number of aromatic nitrogens is 2. The molecule has 2 aromatic heterocycles. The Morgan fingerprint density at radius 2 is 1.88 bits per heavy atom. The van der Waals surface area contributed by atoms with Gasteiger partial charge in [-0.1, -0.05) is 51.3 Å². The Bertz CT molecular complexity index is 1350. The molecule has 0 aliphatic heterocycles. The summed E-state index contributed by atoms with van der Waals surface area (Å²) in [4.78, 5) is 44.5. The van der Waals surface area contributed by atoms with Crippen molar-refractivity contribution in [1.82, 2.24) is 25.1 Å². The first-order valence-electron chi connectivity index (χ1n) is 14.1. The van der Waals surface area contributed by atoms with E-state index in [1.165, 1.54) is 11.3 Å². The van der Waals surface area contributed by atoms with Crippen LogP contribution in [0.25, 0.3) is 10.9 Å². The Balaban J connectivity index is 1.62. The zero-order chi connectivity index (χ0) is 29.0. The Morgan fingerprint density at radius 3 is 2.52 bits per heavy atom. The van der Waals surface area contributed by atoms with Gasteiger partial charge in [0, 0.05) is 43.7 Å². The number of hydrogen-bond donors (Lipinski definition) is 3. The minimum absolute atomic E-state index is 0.119. The van der Waals surface area contributed by atoms with Crippen molar-refractivity contribution < 1.29 is 23.9 Å². The van der Waals surface area contributed by atoms with Crippen molar-refractivity contribution in [3.05, 3.63) is 53.4 Å². The van der Waals surface area contributed by atoms with Crippen LogP contribution < -0.4 is 10.6 Å². The molecule has 0 saturated heterocycles. The number of oxazole rings is 1. The number of carboxylic acids is 1. The lowest BCUT2D eigenvalue weighted by Gasteiger charge is -2.32. The van der Waals surface area contributed by atoms with Crippen LogP contribution in [0.2, 0.25) is 0 Å². The summed E-state index contributed by atoms with van der Waals surface area (Å²) in [5, 5.41) is 16.8. The molecule has 1 aliphatic rings. The van der Waals surface area contributed by atoms with Crippen molar-refractivity contribution in [3.8, 4) is 0 Å². The molecule has 1 fully saturated rings. The fourth-order valence-electron chi connectivity index (χ4n) is 5.59.